The van der Waals surface area contributed by atoms with Crippen molar-refractivity contribution >= 4 is 34.3 Å². The third-order valence-electron chi connectivity index (χ3n) is 3.53. The molecule has 1 heterocycles. The number of H-pyrrole nitrogens is 1. The maximum atomic E-state index is 13.3. The SMILES string of the molecule is Cc1cc(C)cc(-c2cc(NC(=O)c3cc(F)ccc3I)n[nH]2)c1. The number of hydrogen-bond donors (Lipinski definition) is 2. The molecule has 6 heteroatoms. The molecular weight excluding hydrogens is 420 g/mol. The molecule has 2 aromatic carbocycles. The zero-order valence-electron chi connectivity index (χ0n) is 13.2. The Labute approximate surface area is 152 Å². The molecular formula is C18H15FIN3O. The summed E-state index contributed by atoms with van der Waals surface area (Å²) in [5.74, 6) is -0.440. The molecule has 0 fully saturated rings. The fraction of sp³-hybridized carbons (Fsp3) is 0.111. The number of nitrogens with zero attached hydrogens (tertiary/aromatic N) is 1. The van der Waals surface area contributed by atoms with Crippen molar-refractivity contribution in [3.63, 3.8) is 0 Å². The summed E-state index contributed by atoms with van der Waals surface area (Å²) in [6, 6.07) is 12.0. The Balaban J connectivity index is 1.83. The number of hydrogen-bond acceptors (Lipinski definition) is 2. The van der Waals surface area contributed by atoms with E-state index in [0.717, 1.165) is 22.4 Å². The van der Waals surface area contributed by atoms with Crippen molar-refractivity contribution < 1.29 is 9.18 Å². The molecule has 0 aliphatic rings. The van der Waals surface area contributed by atoms with Gasteiger partial charge in [0.1, 0.15) is 5.82 Å². The van der Waals surface area contributed by atoms with Gasteiger partial charge >= 0.3 is 0 Å². The van der Waals surface area contributed by atoms with Gasteiger partial charge in [-0.15, -0.1) is 0 Å². The predicted octanol–water partition coefficient (Wildman–Crippen LogP) is 4.69. The van der Waals surface area contributed by atoms with E-state index in [1.807, 2.05) is 48.6 Å². The predicted molar refractivity (Wildman–Crippen MR) is 101 cm³/mol. The van der Waals surface area contributed by atoms with Crippen LogP contribution in [-0.4, -0.2) is 16.1 Å². The van der Waals surface area contributed by atoms with Crippen LogP contribution in [-0.2, 0) is 0 Å². The largest absolute Gasteiger partial charge is 0.305 e. The van der Waals surface area contributed by atoms with Crippen LogP contribution in [0.1, 0.15) is 21.5 Å². The van der Waals surface area contributed by atoms with E-state index < -0.39 is 11.7 Å². The van der Waals surface area contributed by atoms with E-state index >= 15 is 0 Å². The molecule has 122 valence electrons. The molecule has 0 saturated carbocycles. The van der Waals surface area contributed by atoms with E-state index in [2.05, 4.69) is 21.6 Å². The molecule has 3 aromatic rings. The van der Waals surface area contributed by atoms with Crippen LogP contribution in [0.4, 0.5) is 10.2 Å². The fourth-order valence-electron chi connectivity index (χ4n) is 2.52. The van der Waals surface area contributed by atoms with Crippen LogP contribution < -0.4 is 5.32 Å². The summed E-state index contributed by atoms with van der Waals surface area (Å²) in [5, 5.41) is 9.73. The van der Waals surface area contributed by atoms with Crippen molar-refractivity contribution in [3.8, 4) is 11.3 Å². The first-order chi connectivity index (χ1) is 11.4. The molecule has 24 heavy (non-hydrogen) atoms. The van der Waals surface area contributed by atoms with E-state index in [4.69, 9.17) is 0 Å². The Kier molecular flexibility index (Phi) is 4.66. The lowest BCUT2D eigenvalue weighted by atomic mass is 10.1. The Morgan fingerprint density at radius 1 is 1.12 bits per heavy atom. The minimum absolute atomic E-state index is 0.284. The topological polar surface area (TPSA) is 57.8 Å². The number of amides is 1. The number of aromatic nitrogens is 2. The first-order valence-corrected chi connectivity index (χ1v) is 8.41. The average molecular weight is 435 g/mol. The van der Waals surface area contributed by atoms with Gasteiger partial charge in [-0.3, -0.25) is 9.89 Å². The van der Waals surface area contributed by atoms with Gasteiger partial charge in [-0.2, -0.15) is 5.10 Å². The van der Waals surface area contributed by atoms with Crippen molar-refractivity contribution in [2.75, 3.05) is 5.32 Å². The number of halogens is 2. The number of carbonyl (C=O) groups is 1. The fourth-order valence-corrected chi connectivity index (χ4v) is 3.10. The van der Waals surface area contributed by atoms with Gasteiger partial charge in [-0.1, -0.05) is 17.2 Å². The Hall–Kier alpha value is -2.22. The van der Waals surface area contributed by atoms with E-state index in [1.165, 1.54) is 12.1 Å². The number of rotatable bonds is 3. The third-order valence-corrected chi connectivity index (χ3v) is 4.47. The molecule has 0 radical (unpaired) electrons. The van der Waals surface area contributed by atoms with Crippen molar-refractivity contribution in [3.05, 3.63) is 68.5 Å². The second kappa shape index (κ2) is 6.72. The van der Waals surface area contributed by atoms with Crippen LogP contribution in [0.15, 0.2) is 42.5 Å². The van der Waals surface area contributed by atoms with Gasteiger partial charge in [0.05, 0.1) is 11.3 Å². The summed E-state index contributed by atoms with van der Waals surface area (Å²) in [5.41, 5.74) is 4.40. The van der Waals surface area contributed by atoms with Crippen LogP contribution in [0.5, 0.6) is 0 Å². The van der Waals surface area contributed by atoms with Gasteiger partial charge < -0.3 is 5.32 Å². The molecule has 0 bridgehead atoms. The van der Waals surface area contributed by atoms with Crippen LogP contribution in [0.25, 0.3) is 11.3 Å². The highest BCUT2D eigenvalue weighted by atomic mass is 127. The number of benzene rings is 2. The first kappa shape index (κ1) is 16.6. The molecule has 1 amide bonds. The maximum Gasteiger partial charge on any atom is 0.258 e. The molecule has 0 unspecified atom stereocenters. The van der Waals surface area contributed by atoms with Crippen LogP contribution >= 0.6 is 22.6 Å². The summed E-state index contributed by atoms with van der Waals surface area (Å²) in [6.45, 7) is 4.06. The third kappa shape index (κ3) is 3.64. The minimum Gasteiger partial charge on any atom is -0.305 e. The zero-order chi connectivity index (χ0) is 17.3. The second-order valence-corrected chi connectivity index (χ2v) is 6.78. The molecule has 0 atom stereocenters. The molecule has 3 rings (SSSR count). The van der Waals surface area contributed by atoms with Crippen LogP contribution in [0, 0.1) is 23.2 Å². The summed E-state index contributed by atoms with van der Waals surface area (Å²) in [7, 11) is 0. The second-order valence-electron chi connectivity index (χ2n) is 5.62. The highest BCUT2D eigenvalue weighted by Gasteiger charge is 2.13. The van der Waals surface area contributed by atoms with Crippen molar-refractivity contribution in [1.82, 2.24) is 10.2 Å². The number of nitrogens with one attached hydrogen (secondary N) is 2. The van der Waals surface area contributed by atoms with E-state index in [1.54, 1.807) is 12.1 Å². The Morgan fingerprint density at radius 2 is 1.83 bits per heavy atom. The number of carbonyl (C=O) groups excluding carboxylic acids is 1. The van der Waals surface area contributed by atoms with Gasteiger partial charge in [0, 0.05) is 15.2 Å². The van der Waals surface area contributed by atoms with Crippen molar-refractivity contribution in [2.24, 2.45) is 0 Å². The standard InChI is InChI=1S/C18H15FIN3O/c1-10-5-11(2)7-12(6-10)16-9-17(23-22-16)21-18(24)14-8-13(19)3-4-15(14)20/h3-9H,1-2H3,(H2,21,22,23,24). The summed E-state index contributed by atoms with van der Waals surface area (Å²) < 4.78 is 14.0. The van der Waals surface area contributed by atoms with Gasteiger partial charge in [-0.25, -0.2) is 4.39 Å². The Morgan fingerprint density at radius 3 is 2.54 bits per heavy atom. The minimum atomic E-state index is -0.446. The lowest BCUT2D eigenvalue weighted by molar-refractivity contribution is 0.102. The average Bonchev–Trinajstić information content (AvgIpc) is 2.97. The number of aromatic amines is 1. The summed E-state index contributed by atoms with van der Waals surface area (Å²) >= 11 is 2.00. The molecule has 0 aliphatic heterocycles. The molecule has 2 N–H and O–H groups in total. The monoisotopic (exact) mass is 435 g/mol. The highest BCUT2D eigenvalue weighted by molar-refractivity contribution is 14.1. The van der Waals surface area contributed by atoms with Crippen LogP contribution in [0.3, 0.4) is 0 Å². The van der Waals surface area contributed by atoms with E-state index in [-0.39, 0.29) is 5.56 Å². The van der Waals surface area contributed by atoms with Gasteiger partial charge in [0.15, 0.2) is 5.82 Å². The zero-order valence-corrected chi connectivity index (χ0v) is 15.3. The maximum absolute atomic E-state index is 13.3. The van der Waals surface area contributed by atoms with Gasteiger partial charge in [0.25, 0.3) is 5.91 Å². The number of anilines is 1. The lowest BCUT2D eigenvalue weighted by Crippen LogP contribution is -2.14. The Bertz CT molecular complexity index is 900. The molecule has 0 aliphatic carbocycles. The molecule has 1 aromatic heterocycles. The highest BCUT2D eigenvalue weighted by Crippen LogP contribution is 2.23. The van der Waals surface area contributed by atoms with Crippen molar-refractivity contribution in [2.45, 2.75) is 13.8 Å². The lowest BCUT2D eigenvalue weighted by Gasteiger charge is -2.04. The van der Waals surface area contributed by atoms with E-state index in [9.17, 15) is 9.18 Å². The molecule has 0 saturated heterocycles. The van der Waals surface area contributed by atoms with E-state index in [0.29, 0.717) is 9.39 Å². The van der Waals surface area contributed by atoms with Crippen LogP contribution in [0.2, 0.25) is 0 Å². The summed E-state index contributed by atoms with van der Waals surface area (Å²) in [4.78, 5) is 12.3. The van der Waals surface area contributed by atoms with Gasteiger partial charge in [0.2, 0.25) is 0 Å². The van der Waals surface area contributed by atoms with Crippen molar-refractivity contribution in [1.29, 1.82) is 0 Å². The summed E-state index contributed by atoms with van der Waals surface area (Å²) in [6.07, 6.45) is 0. The molecule has 4 nitrogen and oxygen atoms in total. The smallest absolute Gasteiger partial charge is 0.258 e. The number of aryl methyl sites for hydroxylation is 2. The first-order valence-electron chi connectivity index (χ1n) is 7.33. The quantitative estimate of drug-likeness (QED) is 0.587. The van der Waals surface area contributed by atoms with Gasteiger partial charge in [-0.05, 0) is 66.8 Å². The molecule has 0 spiro atoms. The normalized spacial score (nSPS) is 10.7.